The molecule has 2 aromatic rings. The SMILES string of the molecule is CNC1CCC(Cc2cc(N3CCCCC3)cc3nccnc23)CC1. The van der Waals surface area contributed by atoms with Gasteiger partial charge in [0, 0.05) is 37.2 Å². The van der Waals surface area contributed by atoms with Gasteiger partial charge in [-0.05, 0) is 82.0 Å². The van der Waals surface area contributed by atoms with Crippen molar-refractivity contribution in [3.05, 3.63) is 30.1 Å². The predicted octanol–water partition coefficient (Wildman–Crippen LogP) is 3.94. The minimum atomic E-state index is 0.715. The minimum absolute atomic E-state index is 0.715. The number of piperidine rings is 1. The second kappa shape index (κ2) is 7.69. The molecule has 1 aromatic carbocycles. The average Bonchev–Trinajstić information content (AvgIpc) is 2.69. The molecule has 0 bridgehead atoms. The third-order valence-electron chi connectivity index (χ3n) is 6.12. The summed E-state index contributed by atoms with van der Waals surface area (Å²) >= 11 is 0. The highest BCUT2D eigenvalue weighted by Crippen LogP contribution is 2.32. The maximum Gasteiger partial charge on any atom is 0.0920 e. The van der Waals surface area contributed by atoms with Gasteiger partial charge >= 0.3 is 0 Å². The zero-order chi connectivity index (χ0) is 17.1. The number of hydrogen-bond acceptors (Lipinski definition) is 4. The van der Waals surface area contributed by atoms with Crippen LogP contribution in [0.4, 0.5) is 5.69 Å². The molecule has 2 fully saturated rings. The normalized spacial score (nSPS) is 24.6. The second-order valence-electron chi connectivity index (χ2n) is 7.79. The molecule has 1 saturated heterocycles. The average molecular weight is 338 g/mol. The Kier molecular flexibility index (Phi) is 5.16. The van der Waals surface area contributed by atoms with E-state index in [1.165, 1.54) is 69.3 Å². The Morgan fingerprint density at radius 1 is 1.00 bits per heavy atom. The number of hydrogen-bond donors (Lipinski definition) is 1. The summed E-state index contributed by atoms with van der Waals surface area (Å²) in [6.45, 7) is 2.36. The fraction of sp³-hybridized carbons (Fsp3) is 0.619. The standard InChI is InChI=1S/C21H30N4/c1-22-18-7-5-16(6-8-18)13-17-14-19(25-11-3-2-4-12-25)15-20-21(17)24-10-9-23-20/h9-10,14-16,18,22H,2-8,11-13H2,1H3. The van der Waals surface area contributed by atoms with Crippen LogP contribution in [-0.2, 0) is 6.42 Å². The molecule has 1 saturated carbocycles. The first-order valence-corrected chi connectivity index (χ1v) is 9.99. The Labute approximate surface area is 151 Å². The van der Waals surface area contributed by atoms with Gasteiger partial charge in [-0.1, -0.05) is 0 Å². The lowest BCUT2D eigenvalue weighted by atomic mass is 9.82. The summed E-state index contributed by atoms with van der Waals surface area (Å²) in [5.74, 6) is 0.784. The van der Waals surface area contributed by atoms with Gasteiger partial charge in [-0.2, -0.15) is 0 Å². The molecular formula is C21H30N4. The summed E-state index contributed by atoms with van der Waals surface area (Å²) in [7, 11) is 2.09. The van der Waals surface area contributed by atoms with Gasteiger partial charge in [0.2, 0.25) is 0 Å². The van der Waals surface area contributed by atoms with Crippen molar-refractivity contribution < 1.29 is 0 Å². The van der Waals surface area contributed by atoms with Crippen LogP contribution in [0.5, 0.6) is 0 Å². The van der Waals surface area contributed by atoms with Crippen LogP contribution in [0, 0.1) is 5.92 Å². The Morgan fingerprint density at radius 2 is 1.76 bits per heavy atom. The van der Waals surface area contributed by atoms with Gasteiger partial charge in [-0.3, -0.25) is 9.97 Å². The topological polar surface area (TPSA) is 41.0 Å². The van der Waals surface area contributed by atoms with Crippen molar-refractivity contribution in [1.82, 2.24) is 15.3 Å². The van der Waals surface area contributed by atoms with Crippen LogP contribution >= 0.6 is 0 Å². The van der Waals surface area contributed by atoms with Crippen molar-refractivity contribution in [1.29, 1.82) is 0 Å². The first-order valence-electron chi connectivity index (χ1n) is 9.99. The van der Waals surface area contributed by atoms with Crippen molar-refractivity contribution in [3.8, 4) is 0 Å². The highest BCUT2D eigenvalue weighted by Gasteiger charge is 2.22. The van der Waals surface area contributed by atoms with E-state index in [0.29, 0.717) is 6.04 Å². The maximum atomic E-state index is 4.67. The van der Waals surface area contributed by atoms with E-state index in [9.17, 15) is 0 Å². The molecular weight excluding hydrogens is 308 g/mol. The Morgan fingerprint density at radius 3 is 2.52 bits per heavy atom. The smallest absolute Gasteiger partial charge is 0.0920 e. The van der Waals surface area contributed by atoms with E-state index in [1.54, 1.807) is 0 Å². The minimum Gasteiger partial charge on any atom is -0.371 e. The van der Waals surface area contributed by atoms with Crippen molar-refractivity contribution in [2.75, 3.05) is 25.0 Å². The third kappa shape index (κ3) is 3.79. The van der Waals surface area contributed by atoms with E-state index in [4.69, 9.17) is 0 Å². The molecule has 0 radical (unpaired) electrons. The highest BCUT2D eigenvalue weighted by molar-refractivity contribution is 5.82. The maximum absolute atomic E-state index is 4.67. The van der Waals surface area contributed by atoms with Gasteiger partial charge in [-0.25, -0.2) is 0 Å². The molecule has 25 heavy (non-hydrogen) atoms. The largest absolute Gasteiger partial charge is 0.371 e. The number of fused-ring (bicyclic) bond motifs is 1. The number of benzene rings is 1. The van der Waals surface area contributed by atoms with E-state index in [1.807, 2.05) is 12.4 Å². The van der Waals surface area contributed by atoms with Crippen molar-refractivity contribution >= 4 is 16.7 Å². The summed E-state index contributed by atoms with van der Waals surface area (Å²) in [5.41, 5.74) is 4.93. The zero-order valence-electron chi connectivity index (χ0n) is 15.4. The molecule has 0 atom stereocenters. The lowest BCUT2D eigenvalue weighted by Crippen LogP contribution is -2.31. The van der Waals surface area contributed by atoms with Crippen molar-refractivity contribution in [3.63, 3.8) is 0 Å². The third-order valence-corrected chi connectivity index (χ3v) is 6.12. The van der Waals surface area contributed by atoms with Crippen LogP contribution in [-0.4, -0.2) is 36.1 Å². The first-order chi connectivity index (χ1) is 12.3. The predicted molar refractivity (Wildman–Crippen MR) is 104 cm³/mol. The monoisotopic (exact) mass is 338 g/mol. The van der Waals surface area contributed by atoms with Crippen LogP contribution in [0.1, 0.15) is 50.5 Å². The fourth-order valence-electron chi connectivity index (χ4n) is 4.59. The van der Waals surface area contributed by atoms with Gasteiger partial charge in [0.05, 0.1) is 11.0 Å². The number of nitrogens with one attached hydrogen (secondary N) is 1. The molecule has 1 aliphatic carbocycles. The van der Waals surface area contributed by atoms with Gasteiger partial charge in [0.1, 0.15) is 0 Å². The molecule has 134 valence electrons. The Balaban J connectivity index is 1.60. The molecule has 1 aliphatic heterocycles. The van der Waals surface area contributed by atoms with Gasteiger partial charge < -0.3 is 10.2 Å². The number of nitrogens with zero attached hydrogens (tertiary/aromatic N) is 3. The molecule has 4 heteroatoms. The summed E-state index contributed by atoms with van der Waals surface area (Å²) in [5, 5.41) is 3.44. The van der Waals surface area contributed by atoms with Gasteiger partial charge in [-0.15, -0.1) is 0 Å². The summed E-state index contributed by atoms with van der Waals surface area (Å²) in [6, 6.07) is 5.37. The van der Waals surface area contributed by atoms with Crippen LogP contribution in [0.25, 0.3) is 11.0 Å². The number of aromatic nitrogens is 2. The van der Waals surface area contributed by atoms with Crippen LogP contribution in [0.15, 0.2) is 24.5 Å². The van der Waals surface area contributed by atoms with E-state index in [2.05, 4.69) is 39.4 Å². The molecule has 0 amide bonds. The lowest BCUT2D eigenvalue weighted by Gasteiger charge is -2.31. The van der Waals surface area contributed by atoms with Gasteiger partial charge in [0.25, 0.3) is 0 Å². The van der Waals surface area contributed by atoms with Crippen LogP contribution in [0.3, 0.4) is 0 Å². The molecule has 0 unspecified atom stereocenters. The summed E-state index contributed by atoms with van der Waals surface area (Å²) < 4.78 is 0. The lowest BCUT2D eigenvalue weighted by molar-refractivity contribution is 0.301. The Hall–Kier alpha value is -1.68. The van der Waals surface area contributed by atoms with E-state index < -0.39 is 0 Å². The molecule has 1 aromatic heterocycles. The molecule has 4 rings (SSSR count). The first kappa shape index (κ1) is 16.8. The molecule has 2 aliphatic rings. The van der Waals surface area contributed by atoms with Gasteiger partial charge in [0.15, 0.2) is 0 Å². The Bertz CT molecular complexity index is 700. The summed E-state index contributed by atoms with van der Waals surface area (Å²) in [4.78, 5) is 11.8. The molecule has 1 N–H and O–H groups in total. The fourth-order valence-corrected chi connectivity index (χ4v) is 4.59. The quantitative estimate of drug-likeness (QED) is 0.917. The number of anilines is 1. The van der Waals surface area contributed by atoms with E-state index in [0.717, 1.165) is 23.4 Å². The van der Waals surface area contributed by atoms with E-state index >= 15 is 0 Å². The molecule has 0 spiro atoms. The van der Waals surface area contributed by atoms with Crippen LogP contribution in [0.2, 0.25) is 0 Å². The number of rotatable bonds is 4. The zero-order valence-corrected chi connectivity index (χ0v) is 15.4. The van der Waals surface area contributed by atoms with Crippen molar-refractivity contribution in [2.45, 2.75) is 57.4 Å². The summed E-state index contributed by atoms with van der Waals surface area (Å²) in [6.07, 6.45) is 14.0. The second-order valence-corrected chi connectivity index (χ2v) is 7.79. The highest BCUT2D eigenvalue weighted by atomic mass is 15.1. The molecule has 2 heterocycles. The van der Waals surface area contributed by atoms with Crippen LogP contribution < -0.4 is 10.2 Å². The van der Waals surface area contributed by atoms with E-state index in [-0.39, 0.29) is 0 Å². The van der Waals surface area contributed by atoms with Crippen molar-refractivity contribution in [2.24, 2.45) is 5.92 Å². The molecule has 4 nitrogen and oxygen atoms in total.